The molecule has 0 bridgehead atoms. The fraction of sp³-hybridized carbons (Fsp3) is 0.444. The standard InChI is InChI=1S/C9H12O5/c10-5-7(8(11)12)6-1-3-9(13,14)4-2-6/h1-3,7,10,13-14H,4-5H2,(H,11,12). The fourth-order valence-electron chi connectivity index (χ4n) is 1.22. The smallest absolute Gasteiger partial charge is 0.313 e. The summed E-state index contributed by atoms with van der Waals surface area (Å²) < 4.78 is 0. The molecule has 5 nitrogen and oxygen atoms in total. The van der Waals surface area contributed by atoms with Gasteiger partial charge in [-0.15, -0.1) is 0 Å². The third-order valence-corrected chi connectivity index (χ3v) is 2.06. The second-order valence-corrected chi connectivity index (χ2v) is 3.19. The maximum atomic E-state index is 10.6. The summed E-state index contributed by atoms with van der Waals surface area (Å²) in [5, 5.41) is 35.7. The summed E-state index contributed by atoms with van der Waals surface area (Å²) in [7, 11) is 0. The average Bonchev–Trinajstić information content (AvgIpc) is 2.08. The summed E-state index contributed by atoms with van der Waals surface area (Å²) in [5.41, 5.74) is 0.388. The van der Waals surface area contributed by atoms with Crippen molar-refractivity contribution < 1.29 is 25.2 Å². The minimum atomic E-state index is -1.90. The predicted molar refractivity (Wildman–Crippen MR) is 47.2 cm³/mol. The first-order valence-electron chi connectivity index (χ1n) is 4.14. The lowest BCUT2D eigenvalue weighted by Gasteiger charge is -2.21. The van der Waals surface area contributed by atoms with E-state index < -0.39 is 24.3 Å². The summed E-state index contributed by atoms with van der Waals surface area (Å²) in [6.45, 7) is -0.505. The van der Waals surface area contributed by atoms with Gasteiger partial charge in [0, 0.05) is 6.42 Å². The number of hydrogen-bond donors (Lipinski definition) is 4. The molecule has 1 aliphatic rings. The van der Waals surface area contributed by atoms with E-state index in [1.54, 1.807) is 0 Å². The van der Waals surface area contributed by atoms with E-state index in [0.29, 0.717) is 5.57 Å². The number of allylic oxidation sites excluding steroid dienone is 1. The Morgan fingerprint density at radius 1 is 1.57 bits per heavy atom. The second kappa shape index (κ2) is 3.91. The minimum Gasteiger partial charge on any atom is -0.481 e. The van der Waals surface area contributed by atoms with Crippen molar-refractivity contribution in [1.82, 2.24) is 0 Å². The molecule has 78 valence electrons. The van der Waals surface area contributed by atoms with E-state index in [-0.39, 0.29) is 6.42 Å². The van der Waals surface area contributed by atoms with Gasteiger partial charge in [0.2, 0.25) is 0 Å². The van der Waals surface area contributed by atoms with Gasteiger partial charge >= 0.3 is 5.97 Å². The molecule has 4 N–H and O–H groups in total. The number of aliphatic carboxylic acids is 1. The van der Waals surface area contributed by atoms with Gasteiger partial charge in [0.25, 0.3) is 0 Å². The fourth-order valence-corrected chi connectivity index (χ4v) is 1.22. The highest BCUT2D eigenvalue weighted by atomic mass is 16.5. The lowest BCUT2D eigenvalue weighted by molar-refractivity contribution is -0.141. The Morgan fingerprint density at radius 2 is 2.21 bits per heavy atom. The van der Waals surface area contributed by atoms with Crippen molar-refractivity contribution in [3.05, 3.63) is 23.8 Å². The Bertz CT molecular complexity index is 290. The van der Waals surface area contributed by atoms with Crippen LogP contribution in [0.15, 0.2) is 23.8 Å². The summed E-state index contributed by atoms with van der Waals surface area (Å²) >= 11 is 0. The van der Waals surface area contributed by atoms with E-state index in [2.05, 4.69) is 0 Å². The number of carbonyl (C=O) groups is 1. The third kappa shape index (κ3) is 2.41. The van der Waals surface area contributed by atoms with E-state index in [1.807, 2.05) is 0 Å². The number of aliphatic hydroxyl groups is 3. The van der Waals surface area contributed by atoms with Crippen LogP contribution >= 0.6 is 0 Å². The number of hydrogen-bond acceptors (Lipinski definition) is 4. The maximum Gasteiger partial charge on any atom is 0.313 e. The number of carboxylic acid groups (broad SMARTS) is 1. The second-order valence-electron chi connectivity index (χ2n) is 3.19. The van der Waals surface area contributed by atoms with E-state index in [9.17, 15) is 4.79 Å². The summed E-state index contributed by atoms with van der Waals surface area (Å²) in [5.74, 6) is -4.03. The van der Waals surface area contributed by atoms with Crippen LogP contribution in [-0.4, -0.2) is 38.8 Å². The normalized spacial score (nSPS) is 21.5. The van der Waals surface area contributed by atoms with Crippen molar-refractivity contribution in [3.63, 3.8) is 0 Å². The van der Waals surface area contributed by atoms with Gasteiger partial charge in [0.15, 0.2) is 5.79 Å². The van der Waals surface area contributed by atoms with Gasteiger partial charge in [-0.05, 0) is 11.6 Å². The molecule has 0 amide bonds. The molecule has 1 unspecified atom stereocenters. The predicted octanol–water partition coefficient (Wildman–Crippen LogP) is -0.753. The van der Waals surface area contributed by atoms with Crippen LogP contribution in [0, 0.1) is 5.92 Å². The Hall–Kier alpha value is -1.17. The van der Waals surface area contributed by atoms with Crippen molar-refractivity contribution in [3.8, 4) is 0 Å². The van der Waals surface area contributed by atoms with E-state index in [4.69, 9.17) is 20.4 Å². The third-order valence-electron chi connectivity index (χ3n) is 2.06. The first-order chi connectivity index (χ1) is 6.46. The topological polar surface area (TPSA) is 98.0 Å². The molecule has 0 heterocycles. The van der Waals surface area contributed by atoms with Gasteiger partial charge in [0.1, 0.15) is 5.92 Å². The van der Waals surface area contributed by atoms with Crippen LogP contribution < -0.4 is 0 Å². The highest BCUT2D eigenvalue weighted by molar-refractivity contribution is 5.74. The average molecular weight is 200 g/mol. The van der Waals surface area contributed by atoms with Crippen LogP contribution in [0.1, 0.15) is 6.42 Å². The zero-order chi connectivity index (χ0) is 10.8. The SMILES string of the molecule is O=C(O)C(CO)C1=CCC(O)(O)C=C1. The van der Waals surface area contributed by atoms with Crippen molar-refractivity contribution >= 4 is 5.97 Å². The minimum absolute atomic E-state index is 0.0669. The van der Waals surface area contributed by atoms with Crippen LogP contribution in [0.3, 0.4) is 0 Å². The van der Waals surface area contributed by atoms with Gasteiger partial charge in [-0.25, -0.2) is 0 Å². The van der Waals surface area contributed by atoms with Gasteiger partial charge in [-0.3, -0.25) is 4.79 Å². The summed E-state index contributed by atoms with van der Waals surface area (Å²) in [6.07, 6.45) is 3.74. The van der Waals surface area contributed by atoms with Crippen molar-refractivity contribution in [2.24, 2.45) is 5.92 Å². The first-order valence-corrected chi connectivity index (χ1v) is 4.14. The molecule has 0 aliphatic heterocycles. The molecule has 0 aromatic carbocycles. The van der Waals surface area contributed by atoms with Gasteiger partial charge in [0.05, 0.1) is 6.61 Å². The maximum absolute atomic E-state index is 10.6. The highest BCUT2D eigenvalue weighted by Gasteiger charge is 2.26. The van der Waals surface area contributed by atoms with Gasteiger partial charge < -0.3 is 20.4 Å². The molecule has 0 saturated carbocycles. The van der Waals surface area contributed by atoms with E-state index in [1.165, 1.54) is 12.2 Å². The van der Waals surface area contributed by atoms with Crippen molar-refractivity contribution in [2.75, 3.05) is 6.61 Å². The zero-order valence-electron chi connectivity index (χ0n) is 7.42. The Balaban J connectivity index is 2.78. The number of rotatable bonds is 3. The summed E-state index contributed by atoms with van der Waals surface area (Å²) in [6, 6.07) is 0. The monoisotopic (exact) mass is 200 g/mol. The van der Waals surface area contributed by atoms with Crippen LogP contribution in [0.2, 0.25) is 0 Å². The quantitative estimate of drug-likeness (QED) is 0.449. The molecule has 0 aromatic heterocycles. The molecule has 0 saturated heterocycles. The van der Waals surface area contributed by atoms with Gasteiger partial charge in [-0.2, -0.15) is 0 Å². The first kappa shape index (κ1) is 10.9. The van der Waals surface area contributed by atoms with Gasteiger partial charge in [-0.1, -0.05) is 12.2 Å². The molecule has 1 atom stereocenters. The molecule has 1 rings (SSSR count). The number of carboxylic acids is 1. The van der Waals surface area contributed by atoms with Crippen LogP contribution in [-0.2, 0) is 4.79 Å². The number of aliphatic hydroxyl groups excluding tert-OH is 1. The molecule has 0 radical (unpaired) electrons. The molecule has 1 aliphatic carbocycles. The van der Waals surface area contributed by atoms with E-state index in [0.717, 1.165) is 6.08 Å². The van der Waals surface area contributed by atoms with Crippen molar-refractivity contribution in [2.45, 2.75) is 12.2 Å². The molecule has 14 heavy (non-hydrogen) atoms. The Kier molecular flexibility index (Phi) is 3.05. The Morgan fingerprint density at radius 3 is 2.57 bits per heavy atom. The molecule has 0 spiro atoms. The molecule has 0 fully saturated rings. The lowest BCUT2D eigenvalue weighted by Crippen LogP contribution is -2.28. The molecule has 0 aromatic rings. The largest absolute Gasteiger partial charge is 0.481 e. The zero-order valence-corrected chi connectivity index (χ0v) is 7.42. The lowest BCUT2D eigenvalue weighted by atomic mass is 9.92. The molecule has 5 heteroatoms. The van der Waals surface area contributed by atoms with E-state index >= 15 is 0 Å². The Labute approximate surface area is 80.6 Å². The summed E-state index contributed by atoms with van der Waals surface area (Å²) in [4.78, 5) is 10.6. The van der Waals surface area contributed by atoms with Crippen molar-refractivity contribution in [1.29, 1.82) is 0 Å². The van der Waals surface area contributed by atoms with Crippen LogP contribution in [0.5, 0.6) is 0 Å². The van der Waals surface area contributed by atoms with Crippen LogP contribution in [0.25, 0.3) is 0 Å². The molecular weight excluding hydrogens is 188 g/mol. The van der Waals surface area contributed by atoms with Crippen LogP contribution in [0.4, 0.5) is 0 Å². The highest BCUT2D eigenvalue weighted by Crippen LogP contribution is 2.23. The molecular formula is C9H12O5.